The Balaban J connectivity index is 1.89. The Bertz CT molecular complexity index is 1080. The summed E-state index contributed by atoms with van der Waals surface area (Å²) in [5.41, 5.74) is 2.81. The summed E-state index contributed by atoms with van der Waals surface area (Å²) >= 11 is 0. The molecule has 3 aromatic rings. The van der Waals surface area contributed by atoms with E-state index >= 15 is 0 Å². The van der Waals surface area contributed by atoms with Gasteiger partial charge in [0, 0.05) is 11.3 Å². The standard InChI is InChI=1S/C22H19N3O2/c1-16-12-17(2)25(22(26)20(16)13-23)24-14-19-10-6-7-11-21(19)27-15-18-8-4-3-5-9-18/h3-12,14H,15H2,1-2H3/b24-14-. The molecule has 0 aliphatic carbocycles. The highest BCUT2D eigenvalue weighted by atomic mass is 16.5. The number of aromatic nitrogens is 1. The van der Waals surface area contributed by atoms with Crippen molar-refractivity contribution >= 4 is 6.21 Å². The molecule has 0 N–H and O–H groups in total. The van der Waals surface area contributed by atoms with E-state index in [4.69, 9.17) is 4.74 Å². The maximum absolute atomic E-state index is 12.5. The zero-order chi connectivity index (χ0) is 19.2. The monoisotopic (exact) mass is 357 g/mol. The van der Waals surface area contributed by atoms with E-state index in [0.29, 0.717) is 23.6 Å². The fourth-order valence-corrected chi connectivity index (χ4v) is 2.73. The SMILES string of the molecule is Cc1cc(C)n(/N=C\c2ccccc2OCc2ccccc2)c(=O)c1C#N. The molecule has 0 fully saturated rings. The maximum atomic E-state index is 12.5. The van der Waals surface area contributed by atoms with E-state index in [1.54, 1.807) is 26.1 Å². The first kappa shape index (κ1) is 18.2. The summed E-state index contributed by atoms with van der Waals surface area (Å²) < 4.78 is 7.14. The van der Waals surface area contributed by atoms with Gasteiger partial charge in [0.1, 0.15) is 24.0 Å². The van der Waals surface area contributed by atoms with E-state index in [0.717, 1.165) is 11.1 Å². The van der Waals surface area contributed by atoms with Crippen LogP contribution >= 0.6 is 0 Å². The number of nitriles is 1. The minimum absolute atomic E-state index is 0.103. The zero-order valence-corrected chi connectivity index (χ0v) is 15.2. The lowest BCUT2D eigenvalue weighted by Crippen LogP contribution is -2.22. The van der Waals surface area contributed by atoms with Crippen LogP contribution in [0.15, 0.2) is 70.6 Å². The number of nitrogens with zero attached hydrogens (tertiary/aromatic N) is 3. The van der Waals surface area contributed by atoms with Gasteiger partial charge in [-0.05, 0) is 43.2 Å². The van der Waals surface area contributed by atoms with E-state index in [-0.39, 0.29) is 5.56 Å². The fraction of sp³-hybridized carbons (Fsp3) is 0.136. The van der Waals surface area contributed by atoms with Crippen LogP contribution in [0.4, 0.5) is 0 Å². The van der Waals surface area contributed by atoms with Gasteiger partial charge in [-0.15, -0.1) is 0 Å². The minimum Gasteiger partial charge on any atom is -0.488 e. The molecule has 3 rings (SSSR count). The van der Waals surface area contributed by atoms with Crippen molar-refractivity contribution in [3.05, 3.63) is 99.0 Å². The van der Waals surface area contributed by atoms with Crippen molar-refractivity contribution in [1.29, 1.82) is 5.26 Å². The van der Waals surface area contributed by atoms with Gasteiger partial charge in [-0.25, -0.2) is 4.68 Å². The first-order chi connectivity index (χ1) is 13.1. The summed E-state index contributed by atoms with van der Waals surface area (Å²) in [5.74, 6) is 0.670. The van der Waals surface area contributed by atoms with Crippen molar-refractivity contribution in [2.24, 2.45) is 5.10 Å². The van der Waals surface area contributed by atoms with Gasteiger partial charge in [0.15, 0.2) is 0 Å². The lowest BCUT2D eigenvalue weighted by Gasteiger charge is -2.10. The molecule has 5 nitrogen and oxygen atoms in total. The zero-order valence-electron chi connectivity index (χ0n) is 15.2. The van der Waals surface area contributed by atoms with Crippen molar-refractivity contribution in [2.45, 2.75) is 20.5 Å². The highest BCUT2D eigenvalue weighted by Gasteiger charge is 2.09. The van der Waals surface area contributed by atoms with E-state index < -0.39 is 5.56 Å². The molecule has 0 atom stereocenters. The Hall–Kier alpha value is -3.65. The van der Waals surface area contributed by atoms with Gasteiger partial charge in [0.25, 0.3) is 5.56 Å². The molecule has 0 aliphatic rings. The van der Waals surface area contributed by atoms with Crippen LogP contribution in [0, 0.1) is 25.2 Å². The Morgan fingerprint density at radius 1 is 1.11 bits per heavy atom. The molecule has 0 aliphatic heterocycles. The summed E-state index contributed by atoms with van der Waals surface area (Å²) in [7, 11) is 0. The van der Waals surface area contributed by atoms with Crippen molar-refractivity contribution in [3.8, 4) is 11.8 Å². The van der Waals surface area contributed by atoms with Crippen LogP contribution in [0.2, 0.25) is 0 Å². The molecule has 0 amide bonds. The molecule has 1 aromatic heterocycles. The first-order valence-electron chi connectivity index (χ1n) is 8.53. The fourth-order valence-electron chi connectivity index (χ4n) is 2.73. The van der Waals surface area contributed by atoms with Gasteiger partial charge >= 0.3 is 0 Å². The van der Waals surface area contributed by atoms with Crippen LogP contribution in [0.25, 0.3) is 0 Å². The molecule has 134 valence electrons. The number of hydrogen-bond donors (Lipinski definition) is 0. The molecule has 0 bridgehead atoms. The molecule has 5 heteroatoms. The molecule has 1 heterocycles. The van der Waals surface area contributed by atoms with Crippen LogP contribution in [0.3, 0.4) is 0 Å². The van der Waals surface area contributed by atoms with E-state index in [9.17, 15) is 10.1 Å². The number of hydrogen-bond acceptors (Lipinski definition) is 4. The van der Waals surface area contributed by atoms with E-state index in [1.165, 1.54) is 4.68 Å². The van der Waals surface area contributed by atoms with Crippen molar-refractivity contribution in [1.82, 2.24) is 4.68 Å². The normalized spacial score (nSPS) is 10.7. The molecule has 0 spiro atoms. The van der Waals surface area contributed by atoms with E-state index in [2.05, 4.69) is 5.10 Å². The lowest BCUT2D eigenvalue weighted by molar-refractivity contribution is 0.306. The molecule has 0 saturated carbocycles. The summed E-state index contributed by atoms with van der Waals surface area (Å²) in [6.07, 6.45) is 1.57. The van der Waals surface area contributed by atoms with Gasteiger partial charge < -0.3 is 4.74 Å². The topological polar surface area (TPSA) is 67.4 Å². The predicted octanol–water partition coefficient (Wildman–Crippen LogP) is 3.80. The van der Waals surface area contributed by atoms with Crippen LogP contribution in [0.1, 0.15) is 27.9 Å². The predicted molar refractivity (Wildman–Crippen MR) is 105 cm³/mol. The third kappa shape index (κ3) is 4.13. The first-order valence-corrected chi connectivity index (χ1v) is 8.53. The molecule has 2 aromatic carbocycles. The Morgan fingerprint density at radius 2 is 1.81 bits per heavy atom. The second kappa shape index (κ2) is 8.15. The summed E-state index contributed by atoms with van der Waals surface area (Å²) in [5, 5.41) is 13.5. The number of benzene rings is 2. The Labute approximate surface area is 157 Å². The van der Waals surface area contributed by atoms with Crippen LogP contribution in [-0.2, 0) is 6.61 Å². The summed E-state index contributed by atoms with van der Waals surface area (Å²) in [6.45, 7) is 3.96. The molecule has 0 radical (unpaired) electrons. The Morgan fingerprint density at radius 3 is 2.56 bits per heavy atom. The molecule has 0 unspecified atom stereocenters. The van der Waals surface area contributed by atoms with Crippen LogP contribution in [0.5, 0.6) is 5.75 Å². The third-order valence-electron chi connectivity index (χ3n) is 4.14. The summed E-state index contributed by atoms with van der Waals surface area (Å²) in [4.78, 5) is 12.5. The summed E-state index contributed by atoms with van der Waals surface area (Å²) in [6, 6.07) is 21.1. The number of pyridine rings is 1. The van der Waals surface area contributed by atoms with E-state index in [1.807, 2.05) is 60.7 Å². The number of para-hydroxylation sites is 1. The highest BCUT2D eigenvalue weighted by molar-refractivity contribution is 5.83. The smallest absolute Gasteiger partial charge is 0.289 e. The molecule has 0 saturated heterocycles. The average Bonchev–Trinajstić information content (AvgIpc) is 2.68. The molecule has 27 heavy (non-hydrogen) atoms. The van der Waals surface area contributed by atoms with Crippen molar-refractivity contribution < 1.29 is 4.74 Å². The maximum Gasteiger partial charge on any atom is 0.289 e. The van der Waals surface area contributed by atoms with Gasteiger partial charge in [0.05, 0.1) is 6.21 Å². The van der Waals surface area contributed by atoms with Crippen molar-refractivity contribution in [2.75, 3.05) is 0 Å². The quantitative estimate of drug-likeness (QED) is 0.652. The number of rotatable bonds is 5. The third-order valence-corrected chi connectivity index (χ3v) is 4.14. The van der Waals surface area contributed by atoms with Gasteiger partial charge in [-0.1, -0.05) is 42.5 Å². The highest BCUT2D eigenvalue weighted by Crippen LogP contribution is 2.18. The second-order valence-electron chi connectivity index (χ2n) is 6.13. The van der Waals surface area contributed by atoms with Crippen molar-refractivity contribution in [3.63, 3.8) is 0 Å². The minimum atomic E-state index is -0.422. The molecular weight excluding hydrogens is 338 g/mol. The number of ether oxygens (including phenoxy) is 1. The second-order valence-corrected chi connectivity index (χ2v) is 6.13. The van der Waals surface area contributed by atoms with Gasteiger partial charge in [-0.2, -0.15) is 10.4 Å². The van der Waals surface area contributed by atoms with Gasteiger partial charge in [0.2, 0.25) is 0 Å². The van der Waals surface area contributed by atoms with Crippen LogP contribution in [-0.4, -0.2) is 10.9 Å². The number of aryl methyl sites for hydroxylation is 2. The van der Waals surface area contributed by atoms with Crippen LogP contribution < -0.4 is 10.3 Å². The lowest BCUT2D eigenvalue weighted by atomic mass is 10.1. The van der Waals surface area contributed by atoms with Gasteiger partial charge in [-0.3, -0.25) is 4.79 Å². The Kier molecular flexibility index (Phi) is 5.48. The average molecular weight is 357 g/mol. The molecular formula is C22H19N3O2. The largest absolute Gasteiger partial charge is 0.488 e.